The molecule has 1 aromatic carbocycles. The van der Waals surface area contributed by atoms with Crippen LogP contribution < -0.4 is 10.1 Å². The molecule has 1 amide bonds. The Balaban J connectivity index is 0.000000282. The first-order valence-electron chi connectivity index (χ1n) is 10.1. The van der Waals surface area contributed by atoms with Gasteiger partial charge in [0.05, 0.1) is 17.1 Å². The van der Waals surface area contributed by atoms with Crippen molar-refractivity contribution in [2.45, 2.75) is 44.8 Å². The van der Waals surface area contributed by atoms with Gasteiger partial charge in [-0.1, -0.05) is 30.6 Å². The number of furan rings is 1. The fourth-order valence-electron chi connectivity index (χ4n) is 3.41. The molecule has 3 N–H and O–H groups in total. The summed E-state index contributed by atoms with van der Waals surface area (Å²) in [6.07, 6.45) is 8.07. The summed E-state index contributed by atoms with van der Waals surface area (Å²) in [5.74, 6) is 0.591. The van der Waals surface area contributed by atoms with Gasteiger partial charge in [-0.15, -0.1) is 0 Å². The van der Waals surface area contributed by atoms with Crippen molar-refractivity contribution >= 4 is 38.7 Å². The minimum atomic E-state index is -1.08. The van der Waals surface area contributed by atoms with Crippen LogP contribution in [0.2, 0.25) is 0 Å². The number of hydrogen-bond acceptors (Lipinski definition) is 7. The molecule has 0 radical (unpaired) electrons. The van der Waals surface area contributed by atoms with E-state index in [0.717, 1.165) is 28.5 Å². The Bertz CT molecular complexity index is 1130. The highest BCUT2D eigenvalue weighted by Crippen LogP contribution is 2.32. The molecule has 0 aliphatic heterocycles. The number of benzene rings is 1. The second-order valence-electron chi connectivity index (χ2n) is 7.28. The van der Waals surface area contributed by atoms with E-state index in [9.17, 15) is 4.79 Å². The number of amides is 1. The Morgan fingerprint density at radius 1 is 1.26 bits per heavy atom. The van der Waals surface area contributed by atoms with Crippen LogP contribution in [-0.2, 0) is 6.54 Å². The summed E-state index contributed by atoms with van der Waals surface area (Å²) in [5, 5.41) is 21.2. The van der Waals surface area contributed by atoms with Crippen molar-refractivity contribution in [2.75, 3.05) is 0 Å². The molecule has 5 rings (SSSR count). The molecule has 0 atom stereocenters. The lowest BCUT2D eigenvalue weighted by Crippen LogP contribution is -2.19. The number of thiazole rings is 1. The van der Waals surface area contributed by atoms with Crippen LogP contribution in [0.3, 0.4) is 0 Å². The van der Waals surface area contributed by atoms with Gasteiger partial charge in [-0.3, -0.25) is 0 Å². The Morgan fingerprint density at radius 2 is 2.10 bits per heavy atom. The second-order valence-corrected chi connectivity index (χ2v) is 8.27. The normalized spacial score (nSPS) is 14.2. The third-order valence-corrected chi connectivity index (χ3v) is 5.87. The van der Waals surface area contributed by atoms with Gasteiger partial charge in [0.15, 0.2) is 5.65 Å². The molecule has 0 unspecified atom stereocenters. The van der Waals surface area contributed by atoms with E-state index in [2.05, 4.69) is 15.3 Å². The predicted octanol–water partition coefficient (Wildman–Crippen LogP) is 5.31. The number of aliphatic hydroxyl groups excluding tert-OH is 1. The Labute approximate surface area is 182 Å². The quantitative estimate of drug-likeness (QED) is 0.393. The van der Waals surface area contributed by atoms with Gasteiger partial charge in [-0.05, 0) is 37.1 Å². The summed E-state index contributed by atoms with van der Waals surface area (Å²) in [4.78, 5) is 19.1. The number of carbonyl (C=O) groups is 1. The number of hydrogen-bond donors (Lipinski definition) is 3. The molecule has 8 nitrogen and oxygen atoms in total. The van der Waals surface area contributed by atoms with Crippen molar-refractivity contribution in [3.8, 4) is 10.9 Å². The first kappa shape index (κ1) is 21.1. The number of pyridine rings is 1. The van der Waals surface area contributed by atoms with E-state index in [0.29, 0.717) is 22.2 Å². The summed E-state index contributed by atoms with van der Waals surface area (Å²) in [7, 11) is 0. The second kappa shape index (κ2) is 9.76. The lowest BCUT2D eigenvalue weighted by atomic mass is 9.98. The number of nitrogens with zero attached hydrogens (tertiary/aromatic N) is 2. The van der Waals surface area contributed by atoms with Gasteiger partial charge in [0.25, 0.3) is 5.19 Å². The SMILES string of the molecule is O=C(O)NCc1coc2cc(Oc3nc4ncccc4s3)ccc12.OC1CCCCC1. The average Bonchev–Trinajstić information content (AvgIpc) is 3.36. The van der Waals surface area contributed by atoms with Gasteiger partial charge in [0.2, 0.25) is 0 Å². The summed E-state index contributed by atoms with van der Waals surface area (Å²) in [5.41, 5.74) is 2.04. The summed E-state index contributed by atoms with van der Waals surface area (Å²) in [6.45, 7) is 0.187. The van der Waals surface area contributed by atoms with E-state index in [4.69, 9.17) is 19.4 Å². The highest BCUT2D eigenvalue weighted by atomic mass is 32.1. The van der Waals surface area contributed by atoms with E-state index >= 15 is 0 Å². The number of ether oxygens (including phenoxy) is 1. The maximum Gasteiger partial charge on any atom is 0.404 e. The highest BCUT2D eigenvalue weighted by molar-refractivity contribution is 7.20. The van der Waals surface area contributed by atoms with Crippen molar-refractivity contribution in [3.05, 3.63) is 48.4 Å². The van der Waals surface area contributed by atoms with Gasteiger partial charge in [-0.25, -0.2) is 9.78 Å². The van der Waals surface area contributed by atoms with Crippen molar-refractivity contribution in [3.63, 3.8) is 0 Å². The van der Waals surface area contributed by atoms with E-state index in [-0.39, 0.29) is 12.6 Å². The monoisotopic (exact) mass is 441 g/mol. The summed E-state index contributed by atoms with van der Waals surface area (Å²) < 4.78 is 12.2. The zero-order valence-corrected chi connectivity index (χ0v) is 17.6. The molecule has 1 saturated carbocycles. The number of rotatable bonds is 4. The van der Waals surface area contributed by atoms with Gasteiger partial charge in [-0.2, -0.15) is 4.98 Å². The van der Waals surface area contributed by atoms with E-state index in [1.54, 1.807) is 18.3 Å². The lowest BCUT2D eigenvalue weighted by molar-refractivity contribution is 0.130. The topological polar surface area (TPSA) is 118 Å². The van der Waals surface area contributed by atoms with Crippen LogP contribution in [0.1, 0.15) is 37.7 Å². The molecular weight excluding hydrogens is 418 g/mol. The molecule has 31 heavy (non-hydrogen) atoms. The van der Waals surface area contributed by atoms with Gasteiger partial charge < -0.3 is 24.7 Å². The third kappa shape index (κ3) is 5.50. The van der Waals surface area contributed by atoms with Crippen LogP contribution >= 0.6 is 11.3 Å². The fraction of sp³-hybridized carbons (Fsp3) is 0.318. The van der Waals surface area contributed by atoms with Crippen molar-refractivity contribution < 1.29 is 24.2 Å². The minimum absolute atomic E-state index is 0.0359. The standard InChI is InChI=1S/C16H11N3O4S.C6H12O/c20-15(21)18-7-9-8-22-12-6-10(3-4-11(9)12)23-16-19-14-13(24-16)2-1-5-17-14;7-6-4-2-1-3-5-6/h1-6,8,18H,7H2,(H,20,21);6-7H,1-5H2. The van der Waals surface area contributed by atoms with Crippen LogP contribution in [0.15, 0.2) is 47.2 Å². The van der Waals surface area contributed by atoms with Crippen molar-refractivity contribution in [1.82, 2.24) is 15.3 Å². The Kier molecular flexibility index (Phi) is 6.63. The first-order valence-corrected chi connectivity index (χ1v) is 10.9. The Hall–Kier alpha value is -3.17. The zero-order valence-electron chi connectivity index (χ0n) is 16.8. The fourth-order valence-corrected chi connectivity index (χ4v) is 4.20. The largest absolute Gasteiger partial charge is 0.465 e. The van der Waals surface area contributed by atoms with Crippen LogP contribution in [-0.4, -0.2) is 32.4 Å². The lowest BCUT2D eigenvalue weighted by Gasteiger charge is -2.14. The van der Waals surface area contributed by atoms with E-state index < -0.39 is 6.09 Å². The molecule has 0 spiro atoms. The first-order chi connectivity index (χ1) is 15.1. The molecule has 1 aliphatic rings. The van der Waals surface area contributed by atoms with Crippen LogP contribution in [0.5, 0.6) is 10.9 Å². The number of aliphatic hydroxyl groups is 1. The van der Waals surface area contributed by atoms with Gasteiger partial charge in [0, 0.05) is 29.8 Å². The summed E-state index contributed by atoms with van der Waals surface area (Å²) in [6, 6.07) is 9.16. The number of nitrogens with one attached hydrogen (secondary N) is 1. The van der Waals surface area contributed by atoms with Crippen molar-refractivity contribution in [1.29, 1.82) is 0 Å². The van der Waals surface area contributed by atoms with Crippen LogP contribution in [0.4, 0.5) is 4.79 Å². The molecular formula is C22H23N3O5S. The third-order valence-electron chi connectivity index (χ3n) is 4.98. The molecule has 3 aromatic heterocycles. The maximum atomic E-state index is 10.6. The van der Waals surface area contributed by atoms with E-state index in [1.165, 1.54) is 36.9 Å². The van der Waals surface area contributed by atoms with Crippen molar-refractivity contribution in [2.24, 2.45) is 0 Å². The van der Waals surface area contributed by atoms with Gasteiger partial charge in [0.1, 0.15) is 11.3 Å². The summed E-state index contributed by atoms with van der Waals surface area (Å²) >= 11 is 1.41. The number of aromatic nitrogens is 2. The molecule has 3 heterocycles. The molecule has 0 saturated heterocycles. The van der Waals surface area contributed by atoms with Crippen LogP contribution in [0, 0.1) is 0 Å². The van der Waals surface area contributed by atoms with E-state index in [1.807, 2.05) is 18.2 Å². The molecule has 0 bridgehead atoms. The predicted molar refractivity (Wildman–Crippen MR) is 118 cm³/mol. The molecule has 162 valence electrons. The molecule has 4 aromatic rings. The van der Waals surface area contributed by atoms with Crippen LogP contribution in [0.25, 0.3) is 21.3 Å². The number of fused-ring (bicyclic) bond motifs is 2. The Morgan fingerprint density at radius 3 is 2.81 bits per heavy atom. The molecule has 1 fully saturated rings. The highest BCUT2D eigenvalue weighted by Gasteiger charge is 2.11. The number of carboxylic acid groups (broad SMARTS) is 1. The average molecular weight is 442 g/mol. The zero-order chi connectivity index (χ0) is 21.6. The molecule has 1 aliphatic carbocycles. The smallest absolute Gasteiger partial charge is 0.404 e. The van der Waals surface area contributed by atoms with Gasteiger partial charge >= 0.3 is 6.09 Å². The molecule has 9 heteroatoms. The minimum Gasteiger partial charge on any atom is -0.465 e. The maximum absolute atomic E-state index is 10.6.